The topological polar surface area (TPSA) is 191 Å². The first-order valence-corrected chi connectivity index (χ1v) is 24.0. The highest BCUT2D eigenvalue weighted by atomic mass is 35.5. The van der Waals surface area contributed by atoms with Crippen LogP contribution in [0.1, 0.15) is 103 Å². The lowest BCUT2D eigenvalue weighted by molar-refractivity contribution is -0.135. The predicted octanol–water partition coefficient (Wildman–Crippen LogP) is 6.96. The van der Waals surface area contributed by atoms with Gasteiger partial charge in [0.25, 0.3) is 5.91 Å². The van der Waals surface area contributed by atoms with Crippen LogP contribution >= 0.6 is 23.2 Å². The average Bonchev–Trinajstić information content (AvgIpc) is 3.88. The van der Waals surface area contributed by atoms with Crippen molar-refractivity contribution in [3.05, 3.63) is 115 Å². The molecule has 354 valence electrons. The zero-order chi connectivity index (χ0) is 47.5. The molecule has 4 atom stereocenters. The molecule has 0 bridgehead atoms. The van der Waals surface area contributed by atoms with Crippen LogP contribution < -0.4 is 41.7 Å². The minimum absolute atomic E-state index is 0.129. The Hall–Kier alpha value is -6.23. The monoisotopic (exact) mass is 965 g/mol. The fourth-order valence-electron chi connectivity index (χ4n) is 11.6. The number of imidazole rings is 1. The van der Waals surface area contributed by atoms with Crippen molar-refractivity contribution in [1.82, 2.24) is 25.1 Å². The molecule has 1 aliphatic carbocycles. The number of halogens is 3. The van der Waals surface area contributed by atoms with Crippen LogP contribution in [-0.2, 0) is 38.1 Å². The van der Waals surface area contributed by atoms with Gasteiger partial charge in [0.15, 0.2) is 11.5 Å². The van der Waals surface area contributed by atoms with E-state index in [9.17, 15) is 28.8 Å². The normalized spacial score (nSPS) is 22.6. The number of fused-ring (bicyclic) bond motifs is 5. The zero-order valence-corrected chi connectivity index (χ0v) is 38.8. The Bertz CT molecular complexity index is 2980. The maximum atomic E-state index is 16.4. The molecule has 1 unspecified atom stereocenters. The van der Waals surface area contributed by atoms with E-state index in [2.05, 4.69) is 26.6 Å². The van der Waals surface area contributed by atoms with Gasteiger partial charge in [-0.25, -0.2) is 9.18 Å². The van der Waals surface area contributed by atoms with Gasteiger partial charge >= 0.3 is 5.69 Å². The van der Waals surface area contributed by atoms with Crippen LogP contribution in [0.2, 0.25) is 10.0 Å². The molecule has 2 spiro atoms. The number of aromatic nitrogens is 2. The molecule has 5 aliphatic rings. The number of imide groups is 1. The maximum Gasteiger partial charge on any atom is 0.329 e. The number of ether oxygens (including phenoxy) is 2. The second-order valence-electron chi connectivity index (χ2n) is 18.4. The Balaban J connectivity index is 0.837. The van der Waals surface area contributed by atoms with Gasteiger partial charge in [-0.1, -0.05) is 73.2 Å². The van der Waals surface area contributed by atoms with Crippen LogP contribution in [-0.4, -0.2) is 70.0 Å². The number of amides is 5. The summed E-state index contributed by atoms with van der Waals surface area (Å²) in [6.07, 6.45) is 7.12. The van der Waals surface area contributed by atoms with Gasteiger partial charge in [-0.05, 0) is 97.7 Å². The minimum atomic E-state index is -1.41. The third-order valence-electron chi connectivity index (χ3n) is 14.6. The highest BCUT2D eigenvalue weighted by Gasteiger charge is 2.72. The lowest BCUT2D eigenvalue weighted by atomic mass is 9.55. The number of aryl methyl sites for hydroxylation is 2. The molecule has 0 radical (unpaired) electrons. The smallest absolute Gasteiger partial charge is 0.329 e. The number of carbonyl (C=O) groups excluding carboxylic acids is 5. The van der Waals surface area contributed by atoms with Crippen LogP contribution in [0.3, 0.4) is 0 Å². The SMILES string of the molecule is Cn1c(=O)n(C2CCC(=O)NC2=O)c2ccc(CCCCCNC(=O)c3ccc(NC(=O)[C@@H]4NC5(CCCCC5)[C@@]5(C(=O)Nc6cc(Cl)ccc65)[C@H]4c4cccc(Cl)c4F)c4c3OCCO4)cc21. The van der Waals surface area contributed by atoms with Gasteiger partial charge in [0.1, 0.15) is 30.5 Å². The van der Waals surface area contributed by atoms with Crippen molar-refractivity contribution in [3.63, 3.8) is 0 Å². The Morgan fingerprint density at radius 2 is 1.68 bits per heavy atom. The van der Waals surface area contributed by atoms with Gasteiger partial charge in [-0.3, -0.25) is 43.7 Å². The van der Waals surface area contributed by atoms with E-state index in [4.69, 9.17) is 32.7 Å². The molecule has 68 heavy (non-hydrogen) atoms. The van der Waals surface area contributed by atoms with Crippen molar-refractivity contribution in [1.29, 1.82) is 0 Å². The van der Waals surface area contributed by atoms with E-state index in [0.717, 1.165) is 44.1 Å². The summed E-state index contributed by atoms with van der Waals surface area (Å²) in [5, 5.41) is 15.3. The molecule has 5 heterocycles. The first kappa shape index (κ1) is 45.5. The molecular weight excluding hydrogens is 916 g/mol. The minimum Gasteiger partial charge on any atom is -0.485 e. The second-order valence-corrected chi connectivity index (χ2v) is 19.3. The molecule has 5 aromatic rings. The number of benzene rings is 4. The zero-order valence-electron chi connectivity index (χ0n) is 37.3. The summed E-state index contributed by atoms with van der Waals surface area (Å²) < 4.78 is 31.5. The number of rotatable bonds is 11. The molecule has 3 fully saturated rings. The van der Waals surface area contributed by atoms with E-state index in [1.165, 1.54) is 15.2 Å². The van der Waals surface area contributed by atoms with Gasteiger partial charge in [0.2, 0.25) is 23.6 Å². The molecule has 1 saturated carbocycles. The number of piperidine rings is 1. The molecule has 10 rings (SSSR count). The first-order valence-electron chi connectivity index (χ1n) is 23.2. The molecule has 1 aromatic heterocycles. The van der Waals surface area contributed by atoms with E-state index < -0.39 is 46.6 Å². The van der Waals surface area contributed by atoms with Gasteiger partial charge in [-0.2, -0.15) is 0 Å². The van der Waals surface area contributed by atoms with Gasteiger partial charge in [0, 0.05) is 42.2 Å². The van der Waals surface area contributed by atoms with Crippen LogP contribution in [0.4, 0.5) is 15.8 Å². The highest BCUT2D eigenvalue weighted by Crippen LogP contribution is 2.63. The van der Waals surface area contributed by atoms with Crippen molar-refractivity contribution >= 4 is 75.1 Å². The van der Waals surface area contributed by atoms with Gasteiger partial charge in [-0.15, -0.1) is 0 Å². The van der Waals surface area contributed by atoms with Crippen LogP contribution in [0, 0.1) is 5.82 Å². The van der Waals surface area contributed by atoms with Crippen molar-refractivity contribution in [2.75, 3.05) is 30.4 Å². The van der Waals surface area contributed by atoms with E-state index in [-0.39, 0.29) is 82.8 Å². The van der Waals surface area contributed by atoms with E-state index in [1.54, 1.807) is 49.5 Å². The summed E-state index contributed by atoms with van der Waals surface area (Å²) in [6.45, 7) is 0.728. The van der Waals surface area contributed by atoms with Crippen molar-refractivity contribution in [3.8, 4) is 11.5 Å². The lowest BCUT2D eigenvalue weighted by Gasteiger charge is -2.47. The second kappa shape index (κ2) is 18.0. The third kappa shape index (κ3) is 7.51. The van der Waals surface area contributed by atoms with E-state index in [0.29, 0.717) is 53.1 Å². The summed E-state index contributed by atoms with van der Waals surface area (Å²) in [4.78, 5) is 80.8. The highest BCUT2D eigenvalue weighted by molar-refractivity contribution is 6.31. The Morgan fingerprint density at radius 3 is 2.47 bits per heavy atom. The summed E-state index contributed by atoms with van der Waals surface area (Å²) in [5.41, 5.74) is 1.47. The van der Waals surface area contributed by atoms with Crippen molar-refractivity contribution in [2.45, 2.75) is 99.6 Å². The maximum absolute atomic E-state index is 16.4. The van der Waals surface area contributed by atoms with Gasteiger partial charge in [0.05, 0.1) is 33.3 Å². The molecular formula is C50H50Cl2FN7O8. The standard InChI is InChI=1S/C50H50Cl2FN7O8/c1-59-37-25-27(12-17-35(37)60(48(59)66)36-18-19-38(61)57-45(36)63)9-4-2-7-22-54-44(62)30-14-16-33(43-42(30)67-23-24-68-43)55-46(64)41-39(29-10-8-11-32(52)40(29)53)50(49(58-41)20-5-3-6-21-49)31-15-13-28(51)26-34(31)56-47(50)65/h8,10-17,25-26,36,39,41,58H,2-7,9,18-24H2,1H3,(H,54,62)(H,55,64)(H,56,65)(H,57,61,63)/t36?,39-,41+,50+/m0/s1. The Morgan fingerprint density at radius 1 is 0.882 bits per heavy atom. The lowest BCUT2D eigenvalue weighted by Crippen LogP contribution is -2.60. The van der Waals surface area contributed by atoms with Crippen molar-refractivity contribution < 1.29 is 37.8 Å². The summed E-state index contributed by atoms with van der Waals surface area (Å²) in [5.74, 6) is -3.46. The number of hydrogen-bond donors (Lipinski definition) is 5. The Labute approximate surface area is 400 Å². The summed E-state index contributed by atoms with van der Waals surface area (Å²) in [6, 6.07) is 16.9. The molecule has 4 aliphatic heterocycles. The van der Waals surface area contributed by atoms with Crippen molar-refractivity contribution in [2.24, 2.45) is 7.05 Å². The average molecular weight is 967 g/mol. The number of carbonyl (C=O) groups is 5. The fraction of sp³-hybridized carbons (Fsp3) is 0.400. The Kier molecular flexibility index (Phi) is 12.1. The number of nitrogens with one attached hydrogen (secondary N) is 5. The van der Waals surface area contributed by atoms with E-state index >= 15 is 4.39 Å². The quantitative estimate of drug-likeness (QED) is 0.0688. The van der Waals surface area contributed by atoms with Crippen LogP contribution in [0.15, 0.2) is 71.5 Å². The summed E-state index contributed by atoms with van der Waals surface area (Å²) >= 11 is 12.9. The van der Waals surface area contributed by atoms with Crippen LogP contribution in [0.25, 0.3) is 11.0 Å². The summed E-state index contributed by atoms with van der Waals surface area (Å²) in [7, 11) is 1.67. The number of hydrogen-bond acceptors (Lipinski definition) is 9. The number of unbranched alkanes of at least 4 members (excludes halogenated alkanes) is 2. The molecule has 5 amide bonds. The third-order valence-corrected chi connectivity index (χ3v) is 15.1. The van der Waals surface area contributed by atoms with Gasteiger partial charge < -0.3 is 25.4 Å². The fourth-order valence-corrected chi connectivity index (χ4v) is 11.9. The van der Waals surface area contributed by atoms with Crippen LogP contribution in [0.5, 0.6) is 11.5 Å². The molecule has 5 N–H and O–H groups in total. The molecule has 2 saturated heterocycles. The molecule has 15 nitrogen and oxygen atoms in total. The largest absolute Gasteiger partial charge is 0.485 e. The molecule has 18 heteroatoms. The number of nitrogens with zero attached hydrogens (tertiary/aromatic N) is 2. The van der Waals surface area contributed by atoms with E-state index in [1.807, 2.05) is 18.2 Å². The molecule has 4 aromatic carbocycles. The predicted molar refractivity (Wildman–Crippen MR) is 253 cm³/mol. The number of anilines is 2. The first-order chi connectivity index (χ1) is 32.8.